The van der Waals surface area contributed by atoms with Crippen LogP contribution < -0.4 is 10.5 Å². The van der Waals surface area contributed by atoms with Crippen molar-refractivity contribution < 1.29 is 9.84 Å². The van der Waals surface area contributed by atoms with Crippen LogP contribution in [-0.4, -0.2) is 5.11 Å². The van der Waals surface area contributed by atoms with Crippen LogP contribution in [0.3, 0.4) is 0 Å². The maximum absolute atomic E-state index is 9.50. The summed E-state index contributed by atoms with van der Waals surface area (Å²) < 4.78 is 5.18. The number of benzene rings is 1. The minimum absolute atomic E-state index is 0.251. The third kappa shape index (κ3) is 1.04. The molecule has 1 unspecified atom stereocenters. The van der Waals surface area contributed by atoms with E-state index in [9.17, 15) is 5.11 Å². The number of hydrogen-bond acceptors (Lipinski definition) is 3. The van der Waals surface area contributed by atoms with Crippen LogP contribution in [0, 0.1) is 0 Å². The van der Waals surface area contributed by atoms with Gasteiger partial charge in [-0.05, 0) is 6.07 Å². The molecule has 1 aliphatic heterocycles. The Morgan fingerprint density at radius 1 is 1.33 bits per heavy atom. The summed E-state index contributed by atoms with van der Waals surface area (Å²) >= 11 is 0. The molecule has 0 aromatic heterocycles. The van der Waals surface area contributed by atoms with Crippen molar-refractivity contribution in [1.29, 1.82) is 0 Å². The summed E-state index contributed by atoms with van der Waals surface area (Å²) in [5.74, 6) is 0.881. The van der Waals surface area contributed by atoms with Crippen molar-refractivity contribution in [3.63, 3.8) is 0 Å². The largest absolute Gasteiger partial charge is 0.441 e. The number of para-hydroxylation sites is 1. The first-order valence-electron chi connectivity index (χ1n) is 3.69. The van der Waals surface area contributed by atoms with Gasteiger partial charge in [-0.3, -0.25) is 0 Å². The zero-order chi connectivity index (χ0) is 8.55. The van der Waals surface area contributed by atoms with E-state index in [0.29, 0.717) is 5.75 Å². The summed E-state index contributed by atoms with van der Waals surface area (Å²) in [6.45, 7) is 0. The number of nitrogens with two attached hydrogens (primary N) is 1. The lowest BCUT2D eigenvalue weighted by molar-refractivity contribution is 0.206. The molecule has 1 aromatic rings. The van der Waals surface area contributed by atoms with Crippen molar-refractivity contribution in [2.75, 3.05) is 0 Å². The Labute approximate surface area is 70.1 Å². The van der Waals surface area contributed by atoms with Gasteiger partial charge in [0.15, 0.2) is 5.88 Å². The summed E-state index contributed by atoms with van der Waals surface area (Å²) in [6.07, 6.45) is 0.831. The van der Waals surface area contributed by atoms with Gasteiger partial charge in [-0.2, -0.15) is 0 Å². The Hall–Kier alpha value is -1.48. The average Bonchev–Trinajstić information content (AvgIpc) is 2.04. The van der Waals surface area contributed by atoms with Gasteiger partial charge in [-0.1, -0.05) is 18.2 Å². The van der Waals surface area contributed by atoms with Gasteiger partial charge in [-0.25, -0.2) is 0 Å². The smallest absolute Gasteiger partial charge is 0.189 e. The van der Waals surface area contributed by atoms with Crippen molar-refractivity contribution >= 4 is 0 Å². The standard InChI is InChI=1S/C9H9NO2/c10-9-5-7(11)6-3-1-2-4-8(6)12-9/h1-5,7,11H,10H2. The minimum Gasteiger partial charge on any atom is -0.441 e. The maximum Gasteiger partial charge on any atom is 0.189 e. The van der Waals surface area contributed by atoms with Gasteiger partial charge in [0.1, 0.15) is 11.9 Å². The third-order valence-corrected chi connectivity index (χ3v) is 1.79. The molecule has 1 aromatic carbocycles. The molecular weight excluding hydrogens is 154 g/mol. The number of rotatable bonds is 0. The molecule has 1 heterocycles. The molecule has 0 saturated carbocycles. The number of fused-ring (bicyclic) bond motifs is 1. The quantitative estimate of drug-likeness (QED) is 0.597. The first-order chi connectivity index (χ1) is 5.77. The fourth-order valence-corrected chi connectivity index (χ4v) is 1.22. The van der Waals surface area contributed by atoms with E-state index in [1.165, 1.54) is 6.08 Å². The molecule has 12 heavy (non-hydrogen) atoms. The lowest BCUT2D eigenvalue weighted by Gasteiger charge is -2.18. The van der Waals surface area contributed by atoms with Gasteiger partial charge in [0.2, 0.25) is 0 Å². The van der Waals surface area contributed by atoms with Gasteiger partial charge >= 0.3 is 0 Å². The molecule has 3 nitrogen and oxygen atoms in total. The van der Waals surface area contributed by atoms with Crippen molar-refractivity contribution in [2.24, 2.45) is 5.73 Å². The Balaban J connectivity index is 2.48. The SMILES string of the molecule is NC1=CC(O)c2ccccc2O1. The second kappa shape index (κ2) is 2.53. The van der Waals surface area contributed by atoms with Crippen LogP contribution in [0.5, 0.6) is 5.75 Å². The van der Waals surface area contributed by atoms with E-state index >= 15 is 0 Å². The summed E-state index contributed by atoms with van der Waals surface area (Å²) in [5.41, 5.74) is 6.18. The topological polar surface area (TPSA) is 55.5 Å². The molecule has 0 bridgehead atoms. The predicted molar refractivity (Wildman–Crippen MR) is 44.3 cm³/mol. The fraction of sp³-hybridized carbons (Fsp3) is 0.111. The van der Waals surface area contributed by atoms with Crippen molar-refractivity contribution in [3.05, 3.63) is 41.8 Å². The number of aliphatic hydroxyl groups excluding tert-OH is 1. The molecular formula is C9H9NO2. The maximum atomic E-state index is 9.50. The molecule has 0 amide bonds. The lowest BCUT2D eigenvalue weighted by atomic mass is 10.1. The van der Waals surface area contributed by atoms with E-state index in [1.807, 2.05) is 18.2 Å². The molecule has 1 atom stereocenters. The molecule has 62 valence electrons. The first kappa shape index (κ1) is 7.18. The van der Waals surface area contributed by atoms with E-state index in [2.05, 4.69) is 0 Å². The average molecular weight is 163 g/mol. The van der Waals surface area contributed by atoms with E-state index in [4.69, 9.17) is 10.5 Å². The first-order valence-corrected chi connectivity index (χ1v) is 3.69. The highest BCUT2D eigenvalue weighted by molar-refractivity contribution is 5.40. The molecule has 0 aliphatic carbocycles. The van der Waals surface area contributed by atoms with Crippen LogP contribution in [0.15, 0.2) is 36.2 Å². The lowest BCUT2D eigenvalue weighted by Crippen LogP contribution is -2.14. The molecule has 3 N–H and O–H groups in total. The number of hydrogen-bond donors (Lipinski definition) is 2. The van der Waals surface area contributed by atoms with Crippen LogP contribution in [-0.2, 0) is 0 Å². The van der Waals surface area contributed by atoms with Gasteiger partial charge in [0, 0.05) is 11.6 Å². The molecule has 0 spiro atoms. The van der Waals surface area contributed by atoms with Crippen molar-refractivity contribution in [1.82, 2.24) is 0 Å². The van der Waals surface area contributed by atoms with Gasteiger partial charge in [0.05, 0.1) is 0 Å². The fourth-order valence-electron chi connectivity index (χ4n) is 1.22. The van der Waals surface area contributed by atoms with Gasteiger partial charge < -0.3 is 15.6 Å². The molecule has 1 aliphatic rings. The molecule has 0 radical (unpaired) electrons. The van der Waals surface area contributed by atoms with Gasteiger partial charge in [-0.15, -0.1) is 0 Å². The molecule has 2 rings (SSSR count). The summed E-state index contributed by atoms with van der Waals surface area (Å²) in [6, 6.07) is 7.27. The Morgan fingerprint density at radius 2 is 2.08 bits per heavy atom. The van der Waals surface area contributed by atoms with Crippen molar-refractivity contribution in [3.8, 4) is 5.75 Å². The molecule has 3 heteroatoms. The normalized spacial score (nSPS) is 20.8. The zero-order valence-corrected chi connectivity index (χ0v) is 6.40. The second-order valence-electron chi connectivity index (χ2n) is 2.65. The number of aliphatic hydroxyl groups is 1. The van der Waals surface area contributed by atoms with E-state index in [-0.39, 0.29) is 5.88 Å². The van der Waals surface area contributed by atoms with Crippen LogP contribution in [0.1, 0.15) is 11.7 Å². The summed E-state index contributed by atoms with van der Waals surface area (Å²) in [5, 5.41) is 9.50. The van der Waals surface area contributed by atoms with Crippen LogP contribution >= 0.6 is 0 Å². The highest BCUT2D eigenvalue weighted by Gasteiger charge is 2.16. The highest BCUT2D eigenvalue weighted by Crippen LogP contribution is 2.30. The van der Waals surface area contributed by atoms with Gasteiger partial charge in [0.25, 0.3) is 0 Å². The van der Waals surface area contributed by atoms with Crippen molar-refractivity contribution in [2.45, 2.75) is 6.10 Å². The van der Waals surface area contributed by atoms with E-state index in [0.717, 1.165) is 5.56 Å². The molecule has 0 fully saturated rings. The van der Waals surface area contributed by atoms with Crippen LogP contribution in [0.25, 0.3) is 0 Å². The number of ether oxygens (including phenoxy) is 1. The van der Waals surface area contributed by atoms with Crippen LogP contribution in [0.2, 0.25) is 0 Å². The Morgan fingerprint density at radius 3 is 2.92 bits per heavy atom. The second-order valence-corrected chi connectivity index (χ2v) is 2.65. The van der Waals surface area contributed by atoms with Crippen LogP contribution in [0.4, 0.5) is 0 Å². The molecule has 0 saturated heterocycles. The Kier molecular flexibility index (Phi) is 1.52. The highest BCUT2D eigenvalue weighted by atomic mass is 16.5. The summed E-state index contributed by atoms with van der Waals surface area (Å²) in [4.78, 5) is 0. The zero-order valence-electron chi connectivity index (χ0n) is 6.40. The third-order valence-electron chi connectivity index (χ3n) is 1.79. The Bertz CT molecular complexity index is 333. The summed E-state index contributed by atoms with van der Waals surface area (Å²) in [7, 11) is 0. The monoisotopic (exact) mass is 163 g/mol. The minimum atomic E-state index is -0.644. The van der Waals surface area contributed by atoms with E-state index < -0.39 is 6.10 Å². The van der Waals surface area contributed by atoms with E-state index in [1.54, 1.807) is 6.07 Å². The predicted octanol–water partition coefficient (Wildman–Crippen LogP) is 0.913.